The molecule has 5 nitrogen and oxygen atoms in total. The molecule has 0 saturated carbocycles. The number of carbonyl (C=O) groups is 1. The van der Waals surface area contributed by atoms with Gasteiger partial charge in [-0.15, -0.1) is 11.3 Å². The Morgan fingerprint density at radius 2 is 2.22 bits per heavy atom. The summed E-state index contributed by atoms with van der Waals surface area (Å²) in [6.45, 7) is 2.31. The van der Waals surface area contributed by atoms with E-state index in [0.29, 0.717) is 6.54 Å². The van der Waals surface area contributed by atoms with Crippen molar-refractivity contribution in [2.45, 2.75) is 11.1 Å². The molecule has 102 valence electrons. The molecule has 0 aromatic carbocycles. The fourth-order valence-corrected chi connectivity index (χ4v) is 4.29. The van der Waals surface area contributed by atoms with Gasteiger partial charge >= 0.3 is 5.97 Å². The molecule has 0 saturated heterocycles. The van der Waals surface area contributed by atoms with E-state index in [9.17, 15) is 13.2 Å². The lowest BCUT2D eigenvalue weighted by molar-refractivity contribution is 0.0702. The zero-order valence-corrected chi connectivity index (χ0v) is 12.5. The summed E-state index contributed by atoms with van der Waals surface area (Å²) in [5.41, 5.74) is 0. The Kier molecular flexibility index (Phi) is 5.64. The van der Waals surface area contributed by atoms with Crippen molar-refractivity contribution in [1.82, 2.24) is 4.72 Å². The van der Waals surface area contributed by atoms with Crippen LogP contribution in [0.4, 0.5) is 0 Å². The molecule has 0 bridgehead atoms. The summed E-state index contributed by atoms with van der Waals surface area (Å²) in [4.78, 5) is 10.7. The predicted octanol–water partition coefficient (Wildman–Crippen LogP) is 1.72. The van der Waals surface area contributed by atoms with E-state index < -0.39 is 16.0 Å². The number of hydrogen-bond donors (Lipinski definition) is 2. The van der Waals surface area contributed by atoms with Crippen molar-refractivity contribution in [1.29, 1.82) is 0 Å². The van der Waals surface area contributed by atoms with E-state index in [2.05, 4.69) is 4.72 Å². The van der Waals surface area contributed by atoms with Gasteiger partial charge in [0.2, 0.25) is 10.0 Å². The third-order valence-electron chi connectivity index (χ3n) is 2.13. The maximum absolute atomic E-state index is 11.9. The van der Waals surface area contributed by atoms with Gasteiger partial charge in [0.15, 0.2) is 0 Å². The predicted molar refractivity (Wildman–Crippen MR) is 74.0 cm³/mol. The molecule has 1 atom stereocenters. The molecule has 0 radical (unpaired) electrons. The molecule has 0 spiro atoms. The molecule has 1 unspecified atom stereocenters. The molecule has 0 amide bonds. The maximum Gasteiger partial charge on any atom is 0.345 e. The number of rotatable bonds is 7. The lowest BCUT2D eigenvalue weighted by Gasteiger charge is -2.10. The normalized spacial score (nSPS) is 13.4. The smallest absolute Gasteiger partial charge is 0.345 e. The number of aromatic carboxylic acids is 1. The zero-order valence-electron chi connectivity index (χ0n) is 10.0. The van der Waals surface area contributed by atoms with Gasteiger partial charge in [0.25, 0.3) is 0 Å². The van der Waals surface area contributed by atoms with E-state index in [-0.39, 0.29) is 15.0 Å². The molecule has 1 aromatic rings. The first kappa shape index (κ1) is 15.5. The second-order valence-corrected chi connectivity index (χ2v) is 7.82. The third kappa shape index (κ3) is 4.27. The summed E-state index contributed by atoms with van der Waals surface area (Å²) < 4.78 is 26.3. The van der Waals surface area contributed by atoms with Crippen LogP contribution in [-0.2, 0) is 10.0 Å². The quantitative estimate of drug-likeness (QED) is 0.801. The SMILES string of the molecule is CSCC(C)CNS(=O)(=O)c1ccc(C(=O)O)s1. The molecule has 0 aliphatic rings. The van der Waals surface area contributed by atoms with Crippen LogP contribution in [0.5, 0.6) is 0 Å². The first-order chi connectivity index (χ1) is 8.36. The molecule has 8 heteroatoms. The second kappa shape index (κ2) is 6.55. The molecule has 2 N–H and O–H groups in total. The van der Waals surface area contributed by atoms with Crippen molar-refractivity contribution in [2.75, 3.05) is 18.6 Å². The summed E-state index contributed by atoms with van der Waals surface area (Å²) in [5, 5.41) is 8.74. The largest absolute Gasteiger partial charge is 0.477 e. The highest BCUT2D eigenvalue weighted by Gasteiger charge is 2.19. The van der Waals surface area contributed by atoms with E-state index in [1.807, 2.05) is 13.2 Å². The van der Waals surface area contributed by atoms with Crippen molar-refractivity contribution < 1.29 is 18.3 Å². The van der Waals surface area contributed by atoms with Crippen molar-refractivity contribution in [2.24, 2.45) is 5.92 Å². The van der Waals surface area contributed by atoms with Crippen molar-refractivity contribution >= 4 is 39.1 Å². The fraction of sp³-hybridized carbons (Fsp3) is 0.500. The summed E-state index contributed by atoms with van der Waals surface area (Å²) in [5.74, 6) is -0.0151. The van der Waals surface area contributed by atoms with Crippen LogP contribution in [0.25, 0.3) is 0 Å². The Bertz CT molecular complexity index is 509. The van der Waals surface area contributed by atoms with Gasteiger partial charge in [0.05, 0.1) is 0 Å². The van der Waals surface area contributed by atoms with Crippen LogP contribution in [0.3, 0.4) is 0 Å². The minimum absolute atomic E-state index is 0.0209. The number of thioether (sulfide) groups is 1. The van der Waals surface area contributed by atoms with Crippen molar-refractivity contribution in [3.05, 3.63) is 17.0 Å². The lowest BCUT2D eigenvalue weighted by atomic mass is 10.2. The number of hydrogen-bond acceptors (Lipinski definition) is 5. The lowest BCUT2D eigenvalue weighted by Crippen LogP contribution is -2.28. The Morgan fingerprint density at radius 3 is 2.72 bits per heavy atom. The highest BCUT2D eigenvalue weighted by Crippen LogP contribution is 2.21. The minimum Gasteiger partial charge on any atom is -0.477 e. The van der Waals surface area contributed by atoms with Gasteiger partial charge in [-0.3, -0.25) is 0 Å². The molecule has 0 fully saturated rings. The Labute approximate surface area is 115 Å². The topological polar surface area (TPSA) is 83.5 Å². The first-order valence-corrected chi connectivity index (χ1v) is 8.88. The summed E-state index contributed by atoms with van der Waals surface area (Å²) in [6.07, 6.45) is 1.96. The Hall–Kier alpha value is -0.570. The van der Waals surface area contributed by atoms with E-state index in [1.165, 1.54) is 12.1 Å². The average molecular weight is 309 g/mol. The number of carboxylic acid groups (broad SMARTS) is 1. The van der Waals surface area contributed by atoms with Gasteiger partial charge in [0, 0.05) is 6.54 Å². The number of thiophene rings is 1. The fourth-order valence-electron chi connectivity index (χ4n) is 1.25. The van der Waals surface area contributed by atoms with Crippen molar-refractivity contribution in [3.8, 4) is 0 Å². The first-order valence-electron chi connectivity index (χ1n) is 5.18. The van der Waals surface area contributed by atoms with Crippen LogP contribution >= 0.6 is 23.1 Å². The maximum atomic E-state index is 11.9. The van der Waals surface area contributed by atoms with Crippen molar-refractivity contribution in [3.63, 3.8) is 0 Å². The van der Waals surface area contributed by atoms with E-state index in [0.717, 1.165) is 17.1 Å². The van der Waals surface area contributed by atoms with Crippen LogP contribution in [0, 0.1) is 5.92 Å². The molecular weight excluding hydrogens is 294 g/mol. The van der Waals surface area contributed by atoms with E-state index in [1.54, 1.807) is 11.8 Å². The molecule has 0 aliphatic heterocycles. The Morgan fingerprint density at radius 1 is 1.56 bits per heavy atom. The molecule has 1 aromatic heterocycles. The highest BCUT2D eigenvalue weighted by atomic mass is 32.2. The molecule has 1 rings (SSSR count). The monoisotopic (exact) mass is 309 g/mol. The third-order valence-corrected chi connectivity index (χ3v) is 6.02. The molecular formula is C10H15NO4S3. The van der Waals surface area contributed by atoms with Gasteiger partial charge in [0.1, 0.15) is 9.09 Å². The number of nitrogens with one attached hydrogen (secondary N) is 1. The van der Waals surface area contributed by atoms with Gasteiger partial charge in [-0.25, -0.2) is 17.9 Å². The highest BCUT2D eigenvalue weighted by molar-refractivity contribution is 7.98. The van der Waals surface area contributed by atoms with Crippen LogP contribution in [0.1, 0.15) is 16.6 Å². The Balaban J connectivity index is 2.71. The molecule has 1 heterocycles. The van der Waals surface area contributed by atoms with Crippen LogP contribution in [0.2, 0.25) is 0 Å². The summed E-state index contributed by atoms with van der Waals surface area (Å²) in [7, 11) is -3.59. The zero-order chi connectivity index (χ0) is 13.8. The number of carboxylic acids is 1. The van der Waals surface area contributed by atoms with E-state index in [4.69, 9.17) is 5.11 Å². The molecule has 0 aliphatic carbocycles. The summed E-state index contributed by atoms with van der Waals surface area (Å²) in [6, 6.07) is 2.61. The van der Waals surface area contributed by atoms with E-state index >= 15 is 0 Å². The number of sulfonamides is 1. The van der Waals surface area contributed by atoms with Gasteiger partial charge < -0.3 is 5.11 Å². The van der Waals surface area contributed by atoms with Gasteiger partial charge in [-0.1, -0.05) is 6.92 Å². The average Bonchev–Trinajstić information content (AvgIpc) is 2.77. The van der Waals surface area contributed by atoms with Crippen LogP contribution in [-0.4, -0.2) is 38.0 Å². The molecule has 18 heavy (non-hydrogen) atoms. The second-order valence-electron chi connectivity index (χ2n) is 3.84. The van der Waals surface area contributed by atoms with Gasteiger partial charge in [-0.05, 0) is 30.1 Å². The van der Waals surface area contributed by atoms with Gasteiger partial charge in [-0.2, -0.15) is 11.8 Å². The standard InChI is InChI=1S/C10H15NO4S3/c1-7(6-16-2)5-11-18(14,15)9-4-3-8(17-9)10(12)13/h3-4,7,11H,5-6H2,1-2H3,(H,12,13). The van der Waals surface area contributed by atoms with Crippen LogP contribution in [0.15, 0.2) is 16.3 Å². The van der Waals surface area contributed by atoms with Crippen LogP contribution < -0.4 is 4.72 Å². The minimum atomic E-state index is -3.59. The summed E-state index contributed by atoms with van der Waals surface area (Å²) >= 11 is 2.41.